The van der Waals surface area contributed by atoms with Gasteiger partial charge >= 0.3 is 0 Å². The molecule has 3 heteroatoms. The Kier molecular flexibility index (Phi) is 2.61. The van der Waals surface area contributed by atoms with Crippen LogP contribution in [0.1, 0.15) is 22.8 Å². The van der Waals surface area contributed by atoms with Crippen LogP contribution in [0.4, 0.5) is 0 Å². The van der Waals surface area contributed by atoms with Crippen molar-refractivity contribution in [3.8, 4) is 5.75 Å². The van der Waals surface area contributed by atoms with Crippen molar-refractivity contribution in [1.82, 2.24) is 0 Å². The first-order chi connectivity index (χ1) is 8.33. The molecule has 0 aliphatic carbocycles. The highest BCUT2D eigenvalue weighted by Gasteiger charge is 2.15. The Morgan fingerprint density at radius 3 is 3.06 bits per heavy atom. The van der Waals surface area contributed by atoms with Gasteiger partial charge in [0.2, 0.25) is 0 Å². The van der Waals surface area contributed by atoms with Gasteiger partial charge in [-0.15, -0.1) is 0 Å². The van der Waals surface area contributed by atoms with Crippen molar-refractivity contribution >= 4 is 0 Å². The smallest absolute Gasteiger partial charge is 0.122 e. The first-order valence-corrected chi connectivity index (χ1v) is 5.78. The summed E-state index contributed by atoms with van der Waals surface area (Å²) in [5.41, 5.74) is 3.14. The van der Waals surface area contributed by atoms with Crippen LogP contribution in [-0.4, -0.2) is 11.7 Å². The van der Waals surface area contributed by atoms with Crippen LogP contribution in [-0.2, 0) is 12.8 Å². The van der Waals surface area contributed by atoms with E-state index in [4.69, 9.17) is 9.15 Å². The highest BCUT2D eigenvalue weighted by atomic mass is 16.5. The van der Waals surface area contributed by atoms with Crippen molar-refractivity contribution in [2.24, 2.45) is 0 Å². The van der Waals surface area contributed by atoms with Crippen LogP contribution in [0.3, 0.4) is 0 Å². The average molecular weight is 230 g/mol. The fourth-order valence-corrected chi connectivity index (χ4v) is 2.16. The van der Waals surface area contributed by atoms with E-state index >= 15 is 0 Å². The molecule has 2 aromatic rings. The summed E-state index contributed by atoms with van der Waals surface area (Å²) >= 11 is 0. The molecule has 0 saturated heterocycles. The molecule has 1 N–H and O–H groups in total. The SMILES string of the molecule is OC(Cc1ccoc1)c1ccc2c(c1)CCO2. The number of furan rings is 1. The second kappa shape index (κ2) is 4.26. The van der Waals surface area contributed by atoms with Crippen molar-refractivity contribution in [3.05, 3.63) is 53.5 Å². The quantitative estimate of drug-likeness (QED) is 0.880. The van der Waals surface area contributed by atoms with E-state index in [9.17, 15) is 5.11 Å². The predicted octanol–water partition coefficient (Wildman–Crippen LogP) is 2.49. The van der Waals surface area contributed by atoms with Crippen LogP contribution in [0.25, 0.3) is 0 Å². The average Bonchev–Trinajstić information content (AvgIpc) is 2.97. The van der Waals surface area contributed by atoms with Gasteiger partial charge in [0, 0.05) is 12.8 Å². The fourth-order valence-electron chi connectivity index (χ4n) is 2.16. The molecule has 88 valence electrons. The zero-order valence-electron chi connectivity index (χ0n) is 9.43. The molecule has 0 spiro atoms. The lowest BCUT2D eigenvalue weighted by Gasteiger charge is -2.10. The third kappa shape index (κ3) is 2.06. The molecule has 1 aromatic heterocycles. The summed E-state index contributed by atoms with van der Waals surface area (Å²) in [5.74, 6) is 0.948. The van der Waals surface area contributed by atoms with E-state index in [1.54, 1.807) is 12.5 Å². The number of rotatable bonds is 3. The molecule has 0 saturated carbocycles. The van der Waals surface area contributed by atoms with Crippen molar-refractivity contribution in [2.45, 2.75) is 18.9 Å². The summed E-state index contributed by atoms with van der Waals surface area (Å²) in [7, 11) is 0. The number of aliphatic hydroxyl groups is 1. The number of hydrogen-bond donors (Lipinski definition) is 1. The molecule has 0 radical (unpaired) electrons. The number of aliphatic hydroxyl groups excluding tert-OH is 1. The Hall–Kier alpha value is -1.74. The van der Waals surface area contributed by atoms with Gasteiger partial charge in [-0.05, 0) is 34.9 Å². The first kappa shape index (κ1) is 10.4. The zero-order valence-corrected chi connectivity index (χ0v) is 9.43. The van der Waals surface area contributed by atoms with E-state index in [1.165, 1.54) is 5.56 Å². The van der Waals surface area contributed by atoms with Crippen LogP contribution in [0, 0.1) is 0 Å². The van der Waals surface area contributed by atoms with E-state index in [0.717, 1.165) is 29.9 Å². The minimum Gasteiger partial charge on any atom is -0.493 e. The van der Waals surface area contributed by atoms with E-state index in [2.05, 4.69) is 0 Å². The molecule has 2 heterocycles. The molecular formula is C14H14O3. The minimum atomic E-state index is -0.488. The Morgan fingerprint density at radius 1 is 1.29 bits per heavy atom. The summed E-state index contributed by atoms with van der Waals surface area (Å²) in [4.78, 5) is 0. The van der Waals surface area contributed by atoms with Crippen molar-refractivity contribution in [2.75, 3.05) is 6.61 Å². The molecule has 0 amide bonds. The van der Waals surface area contributed by atoms with Crippen LogP contribution < -0.4 is 4.74 Å². The normalized spacial score (nSPS) is 15.4. The third-order valence-electron chi connectivity index (χ3n) is 3.11. The molecule has 1 aliphatic rings. The Labute approximate surface area is 99.6 Å². The number of fused-ring (bicyclic) bond motifs is 1. The van der Waals surface area contributed by atoms with Gasteiger partial charge < -0.3 is 14.3 Å². The van der Waals surface area contributed by atoms with E-state index in [0.29, 0.717) is 6.42 Å². The van der Waals surface area contributed by atoms with Gasteiger partial charge in [-0.1, -0.05) is 6.07 Å². The van der Waals surface area contributed by atoms with Gasteiger partial charge in [-0.3, -0.25) is 0 Å². The minimum absolute atomic E-state index is 0.488. The Bertz CT molecular complexity index is 502. The van der Waals surface area contributed by atoms with Crippen molar-refractivity contribution in [1.29, 1.82) is 0 Å². The van der Waals surface area contributed by atoms with Crippen molar-refractivity contribution < 1.29 is 14.3 Å². The maximum absolute atomic E-state index is 10.1. The number of hydrogen-bond acceptors (Lipinski definition) is 3. The van der Waals surface area contributed by atoms with Gasteiger partial charge in [0.25, 0.3) is 0 Å². The predicted molar refractivity (Wildman–Crippen MR) is 63.0 cm³/mol. The fraction of sp³-hybridized carbons (Fsp3) is 0.286. The second-order valence-corrected chi connectivity index (χ2v) is 4.32. The molecular weight excluding hydrogens is 216 g/mol. The highest BCUT2D eigenvalue weighted by Crippen LogP contribution is 2.29. The molecule has 1 atom stereocenters. The van der Waals surface area contributed by atoms with E-state index in [-0.39, 0.29) is 0 Å². The number of ether oxygens (including phenoxy) is 1. The van der Waals surface area contributed by atoms with Crippen LogP contribution >= 0.6 is 0 Å². The summed E-state index contributed by atoms with van der Waals surface area (Å²) in [6.45, 7) is 0.747. The molecule has 1 unspecified atom stereocenters. The van der Waals surface area contributed by atoms with Crippen LogP contribution in [0.15, 0.2) is 41.2 Å². The summed E-state index contributed by atoms with van der Waals surface area (Å²) in [6, 6.07) is 7.78. The van der Waals surface area contributed by atoms with Crippen molar-refractivity contribution in [3.63, 3.8) is 0 Å². The molecule has 1 aliphatic heterocycles. The molecule has 0 fully saturated rings. The van der Waals surface area contributed by atoms with Gasteiger partial charge in [0.1, 0.15) is 5.75 Å². The van der Waals surface area contributed by atoms with E-state index in [1.807, 2.05) is 24.3 Å². The van der Waals surface area contributed by atoms with Gasteiger partial charge in [0.05, 0.1) is 25.2 Å². The highest BCUT2D eigenvalue weighted by molar-refractivity contribution is 5.40. The Balaban J connectivity index is 1.79. The third-order valence-corrected chi connectivity index (χ3v) is 3.11. The maximum Gasteiger partial charge on any atom is 0.122 e. The maximum atomic E-state index is 10.1. The summed E-state index contributed by atoms with van der Waals surface area (Å²) < 4.78 is 10.4. The molecule has 3 nitrogen and oxygen atoms in total. The number of benzene rings is 1. The lowest BCUT2D eigenvalue weighted by Crippen LogP contribution is -2.01. The van der Waals surface area contributed by atoms with Gasteiger partial charge in [-0.25, -0.2) is 0 Å². The largest absolute Gasteiger partial charge is 0.493 e. The monoisotopic (exact) mass is 230 g/mol. The second-order valence-electron chi connectivity index (χ2n) is 4.32. The summed E-state index contributed by atoms with van der Waals surface area (Å²) in [6.07, 6.45) is 4.31. The van der Waals surface area contributed by atoms with Gasteiger partial charge in [0.15, 0.2) is 0 Å². The first-order valence-electron chi connectivity index (χ1n) is 5.78. The standard InChI is InChI=1S/C14H14O3/c15-13(7-10-3-5-16-9-10)11-1-2-14-12(8-11)4-6-17-14/h1-3,5,8-9,13,15H,4,6-7H2. The molecule has 1 aromatic carbocycles. The lowest BCUT2D eigenvalue weighted by molar-refractivity contribution is 0.178. The topological polar surface area (TPSA) is 42.6 Å². The van der Waals surface area contributed by atoms with Gasteiger partial charge in [-0.2, -0.15) is 0 Å². The summed E-state index contributed by atoms with van der Waals surface area (Å²) in [5, 5.41) is 10.1. The van der Waals surface area contributed by atoms with Crippen LogP contribution in [0.2, 0.25) is 0 Å². The van der Waals surface area contributed by atoms with Crippen LogP contribution in [0.5, 0.6) is 5.75 Å². The zero-order chi connectivity index (χ0) is 11.7. The lowest BCUT2D eigenvalue weighted by atomic mass is 10.0. The Morgan fingerprint density at radius 2 is 2.24 bits per heavy atom. The molecule has 3 rings (SSSR count). The van der Waals surface area contributed by atoms with E-state index < -0.39 is 6.10 Å². The molecule has 17 heavy (non-hydrogen) atoms. The molecule has 0 bridgehead atoms.